The molecule has 3 aromatic rings. The van der Waals surface area contributed by atoms with E-state index in [1.165, 1.54) is 0 Å². The summed E-state index contributed by atoms with van der Waals surface area (Å²) in [7, 11) is 5.40. The van der Waals surface area contributed by atoms with Gasteiger partial charge in [-0.2, -0.15) is 0 Å². The Kier molecular flexibility index (Phi) is 13.1. The van der Waals surface area contributed by atoms with E-state index in [0.29, 0.717) is 84.5 Å². The van der Waals surface area contributed by atoms with Crippen molar-refractivity contribution >= 4 is 50.2 Å². The van der Waals surface area contributed by atoms with Crippen molar-refractivity contribution in [1.29, 1.82) is 0 Å². The fourth-order valence-electron chi connectivity index (χ4n) is 12.4. The van der Waals surface area contributed by atoms with Crippen molar-refractivity contribution < 1.29 is 38.5 Å². The number of hydrogen-bond donors (Lipinski definition) is 5. The van der Waals surface area contributed by atoms with E-state index in [2.05, 4.69) is 16.7 Å². The lowest BCUT2D eigenvalue weighted by molar-refractivity contribution is -0.186. The highest BCUT2D eigenvalue weighted by Gasteiger charge is 2.65. The number of esters is 1. The van der Waals surface area contributed by atoms with Crippen LogP contribution in [0, 0.1) is 23.7 Å². The van der Waals surface area contributed by atoms with Gasteiger partial charge in [0.25, 0.3) is 0 Å². The molecule has 1 saturated heterocycles. The summed E-state index contributed by atoms with van der Waals surface area (Å²) < 4.78 is 20.1. The van der Waals surface area contributed by atoms with Crippen LogP contribution in [0.2, 0.25) is 0 Å². The van der Waals surface area contributed by atoms with Crippen LogP contribution in [0.25, 0.3) is 11.0 Å². The second kappa shape index (κ2) is 18.9. The number of allylic oxidation sites excluding steroid dienone is 3. The Labute approximate surface area is 410 Å². The van der Waals surface area contributed by atoms with Gasteiger partial charge in [0, 0.05) is 77.5 Å². The van der Waals surface area contributed by atoms with Gasteiger partial charge in [0.05, 0.1) is 36.3 Å². The third-order valence-electron chi connectivity index (χ3n) is 16.2. The van der Waals surface area contributed by atoms with Crippen LogP contribution in [0.15, 0.2) is 116 Å². The topological polar surface area (TPSA) is 194 Å². The lowest BCUT2D eigenvalue weighted by Gasteiger charge is -2.62. The number of aliphatic hydroxyl groups is 2. The Morgan fingerprint density at radius 3 is 2.72 bits per heavy atom. The molecule has 1 spiro atoms. The summed E-state index contributed by atoms with van der Waals surface area (Å²) in [6, 6.07) is 15.1. The number of rotatable bonds is 11. The Morgan fingerprint density at radius 2 is 1.96 bits per heavy atom. The van der Waals surface area contributed by atoms with Gasteiger partial charge in [-0.3, -0.25) is 9.59 Å². The molecular formula is C54H62N4O9S2. The first-order valence-electron chi connectivity index (χ1n) is 24.3. The molecule has 1 aromatic heterocycles. The van der Waals surface area contributed by atoms with Crippen LogP contribution in [0.4, 0.5) is 0 Å². The van der Waals surface area contributed by atoms with Crippen LogP contribution in [0.3, 0.4) is 0 Å². The standard InChI is InChI=1S/C54H62N4O9S2/c1-5-29(2)51(63)67-53(3)16-15-32-28-68-69-44-22-39-41(61)14-13-40-47(49(39)56-4)50(44)58(40)46(62)21-36-26-57-45(55)23-38(36)48(32)54(53)25-35-20-33-19-34(52(64)65-42(33)24-43(35)66-54)17-31(27-59)11-12-37(60)18-30-9-7-6-8-10-30/h5-10,13-15,19-20,23-24,31,37,39-40,44,47-50,56-57,59-60H,11-12,16-18,21-22,25-28,55H2,1-4H3. The number of nitrogens with one attached hydrogen (secondary N) is 2. The summed E-state index contributed by atoms with van der Waals surface area (Å²) in [6.07, 6.45) is 12.1. The zero-order valence-corrected chi connectivity index (χ0v) is 41.2. The Morgan fingerprint density at radius 1 is 1.14 bits per heavy atom. The van der Waals surface area contributed by atoms with Crippen LogP contribution < -0.4 is 26.7 Å². The maximum Gasteiger partial charge on any atom is 0.339 e. The number of ether oxygens (including phenoxy) is 2. The molecule has 0 radical (unpaired) electrons. The molecule has 13 nitrogen and oxygen atoms in total. The molecule has 3 aliphatic carbocycles. The first-order valence-corrected chi connectivity index (χ1v) is 26.7. The minimum absolute atomic E-state index is 0.0132. The monoisotopic (exact) mass is 974 g/mol. The molecule has 2 fully saturated rings. The van der Waals surface area contributed by atoms with Crippen LogP contribution in [-0.2, 0) is 38.4 Å². The van der Waals surface area contributed by atoms with E-state index < -0.39 is 34.8 Å². The van der Waals surface area contributed by atoms with Crippen molar-refractivity contribution in [1.82, 2.24) is 15.5 Å². The molecule has 1 saturated carbocycles. The predicted octanol–water partition coefficient (Wildman–Crippen LogP) is 6.01. The lowest BCUT2D eigenvalue weighted by Crippen LogP contribution is -2.75. The second-order valence-electron chi connectivity index (χ2n) is 20.3. The van der Waals surface area contributed by atoms with Gasteiger partial charge < -0.3 is 45.4 Å². The molecule has 10 rings (SSSR count). The molecular weight excluding hydrogens is 913 g/mol. The zero-order chi connectivity index (χ0) is 48.4. The maximum atomic E-state index is 15.0. The zero-order valence-electron chi connectivity index (χ0n) is 39.6. The van der Waals surface area contributed by atoms with Gasteiger partial charge in [-0.05, 0) is 112 Å². The first-order chi connectivity index (χ1) is 33.2. The SMILES string of the molecule is CC=C(C)C(=O)OC1(C)CC=C2CSSC3CC4C(=O)C=CC5C(C4NC)C3N5C(=O)CC3=C(C=C(N)NC3)C2C12Cc1cc3cc(CC(CO)CCC(O)Cc4ccccc4)c(=O)oc3cc1O2. The van der Waals surface area contributed by atoms with E-state index in [0.717, 1.165) is 27.8 Å². The van der Waals surface area contributed by atoms with E-state index in [9.17, 15) is 29.4 Å². The van der Waals surface area contributed by atoms with Gasteiger partial charge in [0.1, 0.15) is 11.3 Å². The van der Waals surface area contributed by atoms with Gasteiger partial charge in [-0.25, -0.2) is 9.59 Å². The van der Waals surface area contributed by atoms with Gasteiger partial charge in [-0.1, -0.05) is 75.7 Å². The molecule has 364 valence electrons. The summed E-state index contributed by atoms with van der Waals surface area (Å²) >= 11 is 0. The Bertz CT molecular complexity index is 2790. The molecule has 4 aliphatic heterocycles. The molecule has 5 heterocycles. The maximum absolute atomic E-state index is 15.0. The number of amides is 1. The molecule has 2 bridgehead atoms. The second-order valence-corrected chi connectivity index (χ2v) is 22.9. The highest BCUT2D eigenvalue weighted by Crippen LogP contribution is 2.59. The first kappa shape index (κ1) is 47.6. The molecule has 11 atom stereocenters. The molecule has 69 heavy (non-hydrogen) atoms. The Balaban J connectivity index is 1.02. The Hall–Kier alpha value is -5.06. The number of carbonyl (C=O) groups excluding carboxylic acids is 3. The summed E-state index contributed by atoms with van der Waals surface area (Å²) in [5.41, 5.74) is 9.53. The third-order valence-corrected chi connectivity index (χ3v) is 19.0. The van der Waals surface area contributed by atoms with E-state index in [1.807, 2.05) is 73.5 Å². The van der Waals surface area contributed by atoms with Crippen LogP contribution in [-0.4, -0.2) is 99.4 Å². The molecule has 15 heteroatoms. The van der Waals surface area contributed by atoms with Gasteiger partial charge in [0.15, 0.2) is 17.0 Å². The normalized spacial score (nSPS) is 31.4. The van der Waals surface area contributed by atoms with E-state index in [-0.39, 0.29) is 72.3 Å². The van der Waals surface area contributed by atoms with E-state index in [1.54, 1.807) is 53.7 Å². The quantitative estimate of drug-likeness (QED) is 0.0493. The molecule has 2 aromatic carbocycles. The third kappa shape index (κ3) is 8.49. The smallest absolute Gasteiger partial charge is 0.339 e. The predicted molar refractivity (Wildman–Crippen MR) is 268 cm³/mol. The van der Waals surface area contributed by atoms with E-state index >= 15 is 0 Å². The van der Waals surface area contributed by atoms with Crippen LogP contribution in [0.1, 0.15) is 69.6 Å². The average Bonchev–Trinajstić information content (AvgIpc) is 3.69. The summed E-state index contributed by atoms with van der Waals surface area (Å²) in [5, 5.41) is 28.8. The minimum atomic E-state index is -1.25. The average molecular weight is 975 g/mol. The highest BCUT2D eigenvalue weighted by atomic mass is 33.1. The van der Waals surface area contributed by atoms with Crippen molar-refractivity contribution in [3.05, 3.63) is 134 Å². The molecule has 1 amide bonds. The van der Waals surface area contributed by atoms with Crippen molar-refractivity contribution in [2.75, 3.05) is 26.0 Å². The van der Waals surface area contributed by atoms with Crippen LogP contribution >= 0.6 is 21.6 Å². The fraction of sp³-hybridized carbons (Fsp3) is 0.481. The van der Waals surface area contributed by atoms with Crippen molar-refractivity contribution in [2.24, 2.45) is 29.4 Å². The number of nitrogens with two attached hydrogens (primary N) is 1. The van der Waals surface area contributed by atoms with E-state index in [4.69, 9.17) is 19.6 Å². The number of ketones is 1. The van der Waals surface area contributed by atoms with Crippen molar-refractivity contribution in [2.45, 2.75) is 113 Å². The summed E-state index contributed by atoms with van der Waals surface area (Å²) in [4.78, 5) is 58.2. The highest BCUT2D eigenvalue weighted by molar-refractivity contribution is 8.77. The lowest BCUT2D eigenvalue weighted by atomic mass is 9.61. The number of fused-ring (bicyclic) bond motifs is 7. The number of hydrogen-bond acceptors (Lipinski definition) is 14. The summed E-state index contributed by atoms with van der Waals surface area (Å²) in [6.45, 7) is 5.64. The van der Waals surface area contributed by atoms with Crippen molar-refractivity contribution in [3.63, 3.8) is 0 Å². The summed E-state index contributed by atoms with van der Waals surface area (Å²) in [5.74, 6) is 0.325. The largest absolute Gasteiger partial charge is 0.481 e. The van der Waals surface area contributed by atoms with Gasteiger partial charge in [0.2, 0.25) is 5.91 Å². The number of carbonyl (C=O) groups is 3. The molecule has 6 N–H and O–H groups in total. The number of dihydropyridines is 1. The molecule has 11 unspecified atom stereocenters. The van der Waals surface area contributed by atoms with Gasteiger partial charge in [-0.15, -0.1) is 0 Å². The number of nitrogens with zero attached hydrogens (tertiary/aromatic N) is 1. The fourth-order valence-corrected chi connectivity index (χ4v) is 15.5. The number of aliphatic hydroxyl groups excluding tert-OH is 2. The van der Waals surface area contributed by atoms with Crippen molar-refractivity contribution in [3.8, 4) is 5.75 Å². The number of benzene rings is 2. The van der Waals surface area contributed by atoms with Crippen LogP contribution in [0.5, 0.6) is 5.75 Å². The van der Waals surface area contributed by atoms with Gasteiger partial charge >= 0.3 is 11.6 Å². The molecule has 7 aliphatic rings. The minimum Gasteiger partial charge on any atom is -0.481 e.